The first-order chi connectivity index (χ1) is 9.13. The highest BCUT2D eigenvalue weighted by Crippen LogP contribution is 2.21. The standard InChI is InChI=1S/C16H14O3/c1-11-14(16(18)19)8-7-13(10-17)15(11)9-12-5-3-2-4-6-12/h2-8,10H,9H2,1H3,(H,18,19). The molecule has 0 spiro atoms. The van der Waals surface area contributed by atoms with Crippen LogP contribution in [0, 0.1) is 6.92 Å². The van der Waals surface area contributed by atoms with Crippen molar-refractivity contribution in [2.75, 3.05) is 0 Å². The van der Waals surface area contributed by atoms with E-state index in [4.69, 9.17) is 5.11 Å². The molecule has 2 aromatic rings. The highest BCUT2D eigenvalue weighted by molar-refractivity contribution is 5.91. The predicted octanol–water partition coefficient (Wildman–Crippen LogP) is 3.10. The van der Waals surface area contributed by atoms with E-state index in [-0.39, 0.29) is 5.56 Å². The van der Waals surface area contributed by atoms with E-state index < -0.39 is 5.97 Å². The van der Waals surface area contributed by atoms with E-state index in [2.05, 4.69) is 0 Å². The lowest BCUT2D eigenvalue weighted by atomic mass is 9.92. The van der Waals surface area contributed by atoms with E-state index in [0.717, 1.165) is 17.4 Å². The summed E-state index contributed by atoms with van der Waals surface area (Å²) in [5.74, 6) is -0.968. The largest absolute Gasteiger partial charge is 0.478 e. The summed E-state index contributed by atoms with van der Waals surface area (Å²) in [6.07, 6.45) is 1.33. The zero-order valence-electron chi connectivity index (χ0n) is 10.6. The van der Waals surface area contributed by atoms with Crippen LogP contribution >= 0.6 is 0 Å². The van der Waals surface area contributed by atoms with Crippen molar-refractivity contribution in [2.45, 2.75) is 13.3 Å². The first-order valence-corrected chi connectivity index (χ1v) is 5.98. The molecule has 2 rings (SSSR count). The SMILES string of the molecule is Cc1c(C(=O)O)ccc(C=O)c1Cc1ccccc1. The second-order valence-corrected chi connectivity index (χ2v) is 4.39. The molecule has 96 valence electrons. The molecule has 0 heterocycles. The molecule has 0 aliphatic rings. The Balaban J connectivity index is 2.51. The van der Waals surface area contributed by atoms with Crippen LogP contribution in [0.4, 0.5) is 0 Å². The van der Waals surface area contributed by atoms with Crippen molar-refractivity contribution in [1.29, 1.82) is 0 Å². The topological polar surface area (TPSA) is 54.4 Å². The minimum atomic E-state index is -0.968. The van der Waals surface area contributed by atoms with Gasteiger partial charge in [0.25, 0.3) is 0 Å². The minimum Gasteiger partial charge on any atom is -0.478 e. The highest BCUT2D eigenvalue weighted by atomic mass is 16.4. The number of carboxylic acid groups (broad SMARTS) is 1. The number of hydrogen-bond acceptors (Lipinski definition) is 2. The van der Waals surface area contributed by atoms with Crippen LogP contribution < -0.4 is 0 Å². The molecule has 0 unspecified atom stereocenters. The first-order valence-electron chi connectivity index (χ1n) is 5.98. The Morgan fingerprint density at radius 1 is 1.16 bits per heavy atom. The molecule has 0 saturated carbocycles. The molecule has 0 radical (unpaired) electrons. The van der Waals surface area contributed by atoms with Crippen molar-refractivity contribution in [2.24, 2.45) is 0 Å². The van der Waals surface area contributed by atoms with Crippen LogP contribution in [0.25, 0.3) is 0 Å². The zero-order chi connectivity index (χ0) is 13.8. The van der Waals surface area contributed by atoms with Gasteiger partial charge in [0, 0.05) is 5.56 Å². The molecule has 0 aliphatic carbocycles. The number of aromatic carboxylic acids is 1. The molecular weight excluding hydrogens is 240 g/mol. The summed E-state index contributed by atoms with van der Waals surface area (Å²) in [5, 5.41) is 9.13. The van der Waals surface area contributed by atoms with Gasteiger partial charge in [0.1, 0.15) is 6.29 Å². The molecule has 0 bridgehead atoms. The van der Waals surface area contributed by atoms with E-state index in [0.29, 0.717) is 17.5 Å². The maximum absolute atomic E-state index is 11.1. The van der Waals surface area contributed by atoms with E-state index in [1.54, 1.807) is 13.0 Å². The maximum atomic E-state index is 11.1. The van der Waals surface area contributed by atoms with Crippen molar-refractivity contribution >= 4 is 12.3 Å². The number of carboxylic acids is 1. The van der Waals surface area contributed by atoms with Gasteiger partial charge < -0.3 is 5.11 Å². The Labute approximate surface area is 111 Å². The van der Waals surface area contributed by atoms with Crippen LogP contribution in [-0.4, -0.2) is 17.4 Å². The Morgan fingerprint density at radius 3 is 2.42 bits per heavy atom. The van der Waals surface area contributed by atoms with Crippen molar-refractivity contribution in [3.05, 3.63) is 70.3 Å². The van der Waals surface area contributed by atoms with Crippen LogP contribution in [-0.2, 0) is 6.42 Å². The second kappa shape index (κ2) is 5.48. The first kappa shape index (κ1) is 13.0. The van der Waals surface area contributed by atoms with Crippen LogP contribution in [0.1, 0.15) is 37.4 Å². The fourth-order valence-electron chi connectivity index (χ4n) is 2.15. The number of benzene rings is 2. The summed E-state index contributed by atoms with van der Waals surface area (Å²) in [6.45, 7) is 1.74. The third-order valence-electron chi connectivity index (χ3n) is 3.22. The summed E-state index contributed by atoms with van der Waals surface area (Å²) in [7, 11) is 0. The van der Waals surface area contributed by atoms with E-state index in [1.807, 2.05) is 30.3 Å². The Morgan fingerprint density at radius 2 is 1.84 bits per heavy atom. The third kappa shape index (κ3) is 2.71. The average molecular weight is 254 g/mol. The monoisotopic (exact) mass is 254 g/mol. The van der Waals surface area contributed by atoms with E-state index in [1.165, 1.54) is 6.07 Å². The Hall–Kier alpha value is -2.42. The normalized spacial score (nSPS) is 10.2. The average Bonchev–Trinajstić information content (AvgIpc) is 2.41. The van der Waals surface area contributed by atoms with Gasteiger partial charge in [-0.05, 0) is 36.1 Å². The molecule has 0 saturated heterocycles. The number of aldehydes is 1. The van der Waals surface area contributed by atoms with E-state index >= 15 is 0 Å². The smallest absolute Gasteiger partial charge is 0.335 e. The lowest BCUT2D eigenvalue weighted by molar-refractivity contribution is 0.0695. The molecule has 0 atom stereocenters. The van der Waals surface area contributed by atoms with Gasteiger partial charge in [0.05, 0.1) is 5.56 Å². The molecule has 0 amide bonds. The number of carbonyl (C=O) groups excluding carboxylic acids is 1. The van der Waals surface area contributed by atoms with Gasteiger partial charge in [0.2, 0.25) is 0 Å². The fraction of sp³-hybridized carbons (Fsp3) is 0.125. The molecular formula is C16H14O3. The van der Waals surface area contributed by atoms with Gasteiger partial charge in [-0.3, -0.25) is 4.79 Å². The number of rotatable bonds is 4. The Bertz CT molecular complexity index is 615. The molecule has 0 fully saturated rings. The van der Waals surface area contributed by atoms with Crippen molar-refractivity contribution < 1.29 is 14.7 Å². The Kier molecular flexibility index (Phi) is 3.76. The van der Waals surface area contributed by atoms with Crippen LogP contribution in [0.3, 0.4) is 0 Å². The van der Waals surface area contributed by atoms with Crippen molar-refractivity contribution in [3.8, 4) is 0 Å². The van der Waals surface area contributed by atoms with Gasteiger partial charge in [-0.1, -0.05) is 36.4 Å². The number of carbonyl (C=O) groups is 2. The van der Waals surface area contributed by atoms with Gasteiger partial charge in [-0.2, -0.15) is 0 Å². The maximum Gasteiger partial charge on any atom is 0.335 e. The van der Waals surface area contributed by atoms with Crippen molar-refractivity contribution in [3.63, 3.8) is 0 Å². The van der Waals surface area contributed by atoms with Crippen LogP contribution in [0.5, 0.6) is 0 Å². The summed E-state index contributed by atoms with van der Waals surface area (Å²) in [4.78, 5) is 22.2. The molecule has 3 heteroatoms. The zero-order valence-corrected chi connectivity index (χ0v) is 10.6. The lowest BCUT2D eigenvalue weighted by Crippen LogP contribution is -2.06. The highest BCUT2D eigenvalue weighted by Gasteiger charge is 2.14. The second-order valence-electron chi connectivity index (χ2n) is 4.39. The van der Waals surface area contributed by atoms with Gasteiger partial charge >= 0.3 is 5.97 Å². The van der Waals surface area contributed by atoms with Crippen LogP contribution in [0.15, 0.2) is 42.5 Å². The fourth-order valence-corrected chi connectivity index (χ4v) is 2.15. The molecule has 1 N–H and O–H groups in total. The summed E-state index contributed by atoms with van der Waals surface area (Å²) >= 11 is 0. The quantitative estimate of drug-likeness (QED) is 0.853. The van der Waals surface area contributed by atoms with Gasteiger partial charge in [-0.25, -0.2) is 4.79 Å². The molecule has 0 aliphatic heterocycles. The minimum absolute atomic E-state index is 0.247. The molecule has 2 aromatic carbocycles. The van der Waals surface area contributed by atoms with E-state index in [9.17, 15) is 9.59 Å². The summed E-state index contributed by atoms with van der Waals surface area (Å²) in [5.41, 5.74) is 3.28. The summed E-state index contributed by atoms with van der Waals surface area (Å²) in [6, 6.07) is 12.7. The third-order valence-corrected chi connectivity index (χ3v) is 3.22. The predicted molar refractivity (Wildman–Crippen MR) is 72.8 cm³/mol. The van der Waals surface area contributed by atoms with Gasteiger partial charge in [-0.15, -0.1) is 0 Å². The van der Waals surface area contributed by atoms with Gasteiger partial charge in [0.15, 0.2) is 0 Å². The molecule has 19 heavy (non-hydrogen) atoms. The van der Waals surface area contributed by atoms with Crippen molar-refractivity contribution in [1.82, 2.24) is 0 Å². The number of hydrogen-bond donors (Lipinski definition) is 1. The summed E-state index contributed by atoms with van der Waals surface area (Å²) < 4.78 is 0. The lowest BCUT2D eigenvalue weighted by Gasteiger charge is -2.11. The molecule has 3 nitrogen and oxygen atoms in total. The van der Waals surface area contributed by atoms with Crippen LogP contribution in [0.2, 0.25) is 0 Å². The molecule has 0 aromatic heterocycles.